The van der Waals surface area contributed by atoms with Crippen LogP contribution >= 0.6 is 24.8 Å². The summed E-state index contributed by atoms with van der Waals surface area (Å²) in [7, 11) is 0. The zero-order valence-corrected chi connectivity index (χ0v) is 44.6. The maximum atomic E-state index is 2.97. The Bertz CT molecular complexity index is 2800. The molecule has 6 aromatic rings. The summed E-state index contributed by atoms with van der Waals surface area (Å²) in [5.41, 5.74) is 15.9. The zero-order valence-electron chi connectivity index (χ0n) is 39.1. The molecule has 8 saturated carbocycles. The Balaban J connectivity index is 0.00000228. The van der Waals surface area contributed by atoms with Gasteiger partial charge in [0.1, 0.15) is 0 Å². The monoisotopic (exact) mass is 1000 g/mol. The number of fused-ring (bicyclic) bond motifs is 4. The third-order valence-electron chi connectivity index (χ3n) is 20.1. The molecule has 66 heavy (non-hydrogen) atoms. The summed E-state index contributed by atoms with van der Waals surface area (Å²) >= 11 is -4.01. The van der Waals surface area contributed by atoms with E-state index in [4.69, 9.17) is 0 Å². The molecule has 2 unspecified atom stereocenters. The van der Waals surface area contributed by atoms with E-state index in [-0.39, 0.29) is 24.8 Å². The average molecular weight is 1000 g/mol. The predicted molar refractivity (Wildman–Crippen MR) is 285 cm³/mol. The Kier molecular flexibility index (Phi) is 10.9. The van der Waals surface area contributed by atoms with Crippen molar-refractivity contribution in [1.82, 2.24) is 0 Å². The van der Waals surface area contributed by atoms with Gasteiger partial charge in [0.25, 0.3) is 0 Å². The van der Waals surface area contributed by atoms with Crippen LogP contribution in [0.15, 0.2) is 132 Å². The van der Waals surface area contributed by atoms with Crippen molar-refractivity contribution in [2.45, 2.75) is 93.6 Å². The van der Waals surface area contributed by atoms with Crippen molar-refractivity contribution in [2.24, 2.45) is 59.2 Å². The van der Waals surface area contributed by atoms with Crippen LogP contribution in [-0.4, -0.2) is 6.88 Å². The van der Waals surface area contributed by atoms with Crippen molar-refractivity contribution < 1.29 is 17.4 Å². The standard InChI is InChI=1S/2C30H29.2CH3.2ClH.H2Si.Zr/c2*1-2-5-23-18-25(9-8-22(23)4-1)28-7-3-6-24-11-21(17-30(24)28)16-29-26-12-19-10-20(14-26)15-27(29)13-19;;;;;;/h2*1-9,11,17-20,26-27,29H,10,12-16H2;2*1H3;2*1H;1H2;. The van der Waals surface area contributed by atoms with E-state index >= 15 is 0 Å². The van der Waals surface area contributed by atoms with E-state index in [0.717, 1.165) is 59.2 Å². The number of benzene rings is 6. The molecule has 8 fully saturated rings. The van der Waals surface area contributed by atoms with E-state index < -0.39 is 17.4 Å². The van der Waals surface area contributed by atoms with Crippen molar-refractivity contribution >= 4 is 65.4 Å². The summed E-state index contributed by atoms with van der Waals surface area (Å²) in [6.45, 7) is 2.63. The second-order valence-corrected chi connectivity index (χ2v) is 55.1. The van der Waals surface area contributed by atoms with Crippen LogP contribution in [-0.2, 0) is 17.4 Å². The van der Waals surface area contributed by atoms with Gasteiger partial charge in [0, 0.05) is 0 Å². The predicted octanol–water partition coefficient (Wildman–Crippen LogP) is 17.0. The van der Waals surface area contributed by atoms with Crippen molar-refractivity contribution in [3.63, 3.8) is 0 Å². The van der Waals surface area contributed by atoms with E-state index in [1.165, 1.54) is 121 Å². The van der Waals surface area contributed by atoms with Crippen molar-refractivity contribution in [2.75, 3.05) is 0 Å². The van der Waals surface area contributed by atoms with E-state index in [2.05, 4.69) is 150 Å². The van der Waals surface area contributed by atoms with E-state index in [1.807, 2.05) is 11.1 Å². The van der Waals surface area contributed by atoms with Gasteiger partial charge in [-0.1, -0.05) is 0 Å². The molecule has 0 heterocycles. The molecular formula is C62H68Cl2SiZr. The fourth-order valence-corrected chi connectivity index (χ4v) is 38.0. The molecule has 0 N–H and O–H groups in total. The van der Waals surface area contributed by atoms with Gasteiger partial charge in [0.2, 0.25) is 0 Å². The number of allylic oxidation sites excluding steroid dienone is 2. The number of hydrogen-bond donors (Lipinski definition) is 0. The summed E-state index contributed by atoms with van der Waals surface area (Å²) < 4.78 is 7.05. The van der Waals surface area contributed by atoms with Gasteiger partial charge in [-0.05, 0) is 0 Å². The Hall–Kier alpha value is -3.00. The van der Waals surface area contributed by atoms with Gasteiger partial charge in [-0.25, -0.2) is 0 Å². The number of rotatable bonds is 8. The normalized spacial score (nSPS) is 32.2. The first-order chi connectivity index (χ1) is 31.2. The van der Waals surface area contributed by atoms with Gasteiger partial charge < -0.3 is 0 Å². The fraction of sp³-hybridized carbons (Fsp3) is 0.419. The average Bonchev–Trinajstić information content (AvgIpc) is 3.88. The molecule has 2 atom stereocenters. The van der Waals surface area contributed by atoms with Crippen molar-refractivity contribution in [3.05, 3.63) is 155 Å². The molecule has 8 bridgehead atoms. The van der Waals surface area contributed by atoms with Crippen LogP contribution in [0.3, 0.4) is 0 Å². The summed E-state index contributed by atoms with van der Waals surface area (Å²) in [6.07, 6.45) is 23.5. The molecule has 0 spiro atoms. The minimum absolute atomic E-state index is 0. The van der Waals surface area contributed by atoms with Crippen LogP contribution in [0.4, 0.5) is 0 Å². The molecule has 0 saturated heterocycles. The molecule has 10 aliphatic carbocycles. The molecule has 10 aliphatic rings. The molecule has 6 aromatic carbocycles. The van der Waals surface area contributed by atoms with E-state index in [9.17, 15) is 0 Å². The van der Waals surface area contributed by atoms with Crippen molar-refractivity contribution in [3.8, 4) is 22.3 Å². The Labute approximate surface area is 409 Å². The Morgan fingerprint density at radius 2 is 0.788 bits per heavy atom. The molecule has 0 aromatic heterocycles. The molecule has 0 amide bonds. The summed E-state index contributed by atoms with van der Waals surface area (Å²) in [6, 6.07) is 47.6. The first-order valence-electron chi connectivity index (χ1n) is 25.9. The second-order valence-electron chi connectivity index (χ2n) is 24.6. The van der Waals surface area contributed by atoms with Gasteiger partial charge in [-0.15, -0.1) is 24.8 Å². The minimum atomic E-state index is -4.01. The Morgan fingerprint density at radius 1 is 0.424 bits per heavy atom. The van der Waals surface area contributed by atoms with Crippen LogP contribution in [0.2, 0.25) is 9.26 Å². The first-order valence-corrected chi connectivity index (χ1v) is 39.6. The SMILES string of the molecule is Cl.Cl.[CH3][Zr]([CH3])(=[SiH2])([CH]1C(CC2C3CC4CC(C3)CC2C4)=Cc2c(-c3ccc4ccccc4c3)cccc21)[CH]1C(CC2C3CC4CC(C3)CC2C4)=Cc2c(-c3ccc4ccccc4c3)cccc21. The third-order valence-corrected chi connectivity index (χ3v) is 37.6. The molecular weight excluding hydrogens is 935 g/mol. The van der Waals surface area contributed by atoms with Gasteiger partial charge in [0.05, 0.1) is 0 Å². The van der Waals surface area contributed by atoms with Gasteiger partial charge in [-0.3, -0.25) is 0 Å². The quantitative estimate of drug-likeness (QED) is 0.133. The first kappa shape index (κ1) is 44.2. The summed E-state index contributed by atoms with van der Waals surface area (Å²) in [5, 5.41) is 5.37. The van der Waals surface area contributed by atoms with Gasteiger partial charge >= 0.3 is 388 Å². The van der Waals surface area contributed by atoms with Gasteiger partial charge in [-0.2, -0.15) is 0 Å². The van der Waals surface area contributed by atoms with Crippen LogP contribution in [0.5, 0.6) is 0 Å². The molecule has 0 aliphatic heterocycles. The zero-order chi connectivity index (χ0) is 42.5. The van der Waals surface area contributed by atoms with Crippen LogP contribution in [0, 0.1) is 59.2 Å². The summed E-state index contributed by atoms with van der Waals surface area (Å²) in [4.78, 5) is 0. The van der Waals surface area contributed by atoms with E-state index in [1.54, 1.807) is 22.3 Å². The Morgan fingerprint density at radius 3 is 1.17 bits per heavy atom. The summed E-state index contributed by atoms with van der Waals surface area (Å²) in [5.74, 6) is 9.58. The van der Waals surface area contributed by atoms with Gasteiger partial charge in [0.15, 0.2) is 0 Å². The molecule has 0 radical (unpaired) electrons. The second kappa shape index (κ2) is 16.3. The van der Waals surface area contributed by atoms with Crippen LogP contribution in [0.25, 0.3) is 56.0 Å². The number of halogens is 2. The topological polar surface area (TPSA) is 0 Å². The maximum absolute atomic E-state index is 4.01. The molecule has 0 nitrogen and oxygen atoms in total. The fourth-order valence-electron chi connectivity index (χ4n) is 18.2. The van der Waals surface area contributed by atoms with E-state index in [0.29, 0.717) is 7.25 Å². The number of hydrogen-bond acceptors (Lipinski definition) is 0. The molecule has 16 rings (SSSR count). The van der Waals surface area contributed by atoms with Crippen LogP contribution in [0.1, 0.15) is 107 Å². The van der Waals surface area contributed by atoms with Crippen LogP contribution < -0.4 is 0 Å². The molecule has 338 valence electrons. The van der Waals surface area contributed by atoms with Crippen molar-refractivity contribution in [1.29, 1.82) is 0 Å². The molecule has 4 heteroatoms. The third kappa shape index (κ3) is 7.01.